The summed E-state index contributed by atoms with van der Waals surface area (Å²) in [4.78, 5) is 0. The molecule has 12 heavy (non-hydrogen) atoms. The summed E-state index contributed by atoms with van der Waals surface area (Å²) in [7, 11) is 0. The Balaban J connectivity index is 1.56. The van der Waals surface area contributed by atoms with Crippen LogP contribution in [0, 0.1) is 11.3 Å². The third-order valence-electron chi connectivity index (χ3n) is 3.38. The Morgan fingerprint density at radius 2 is 2.08 bits per heavy atom. The van der Waals surface area contributed by atoms with Crippen molar-refractivity contribution in [2.24, 2.45) is 17.1 Å². The molecule has 0 spiro atoms. The van der Waals surface area contributed by atoms with Gasteiger partial charge in [-0.3, -0.25) is 0 Å². The summed E-state index contributed by atoms with van der Waals surface area (Å²) >= 11 is 0. The van der Waals surface area contributed by atoms with Crippen LogP contribution in [0.5, 0.6) is 0 Å². The second-order valence-corrected chi connectivity index (χ2v) is 4.52. The summed E-state index contributed by atoms with van der Waals surface area (Å²) in [5, 5.41) is 0. The van der Waals surface area contributed by atoms with Crippen LogP contribution in [0.25, 0.3) is 0 Å². The molecule has 2 nitrogen and oxygen atoms in total. The van der Waals surface area contributed by atoms with Crippen molar-refractivity contribution in [1.29, 1.82) is 0 Å². The maximum Gasteiger partial charge on any atom is 0.0534 e. The highest BCUT2D eigenvalue weighted by Crippen LogP contribution is 2.44. The maximum atomic E-state index is 5.68. The number of hydrogen-bond donors (Lipinski definition) is 1. The van der Waals surface area contributed by atoms with Gasteiger partial charge in [0.05, 0.1) is 6.61 Å². The minimum atomic E-state index is 0.406. The van der Waals surface area contributed by atoms with Crippen molar-refractivity contribution in [3.63, 3.8) is 0 Å². The Morgan fingerprint density at radius 1 is 1.33 bits per heavy atom. The van der Waals surface area contributed by atoms with Crippen LogP contribution < -0.4 is 5.73 Å². The van der Waals surface area contributed by atoms with Gasteiger partial charge in [-0.05, 0) is 31.6 Å². The standard InChI is InChI=1S/C10H19NO/c11-7-10(4-5-10)8-12-6-9-2-1-3-9/h9H,1-8,11H2. The average molecular weight is 169 g/mol. The minimum Gasteiger partial charge on any atom is -0.381 e. The van der Waals surface area contributed by atoms with Gasteiger partial charge in [0.2, 0.25) is 0 Å². The Bertz CT molecular complexity index is 150. The highest BCUT2D eigenvalue weighted by Gasteiger charge is 2.41. The van der Waals surface area contributed by atoms with Crippen LogP contribution in [0.4, 0.5) is 0 Å². The number of ether oxygens (including phenoxy) is 1. The van der Waals surface area contributed by atoms with E-state index in [1.54, 1.807) is 0 Å². The fourth-order valence-electron chi connectivity index (χ4n) is 1.69. The molecule has 2 rings (SSSR count). The summed E-state index contributed by atoms with van der Waals surface area (Å²) in [6.45, 7) is 2.72. The van der Waals surface area contributed by atoms with Crippen molar-refractivity contribution in [3.05, 3.63) is 0 Å². The molecule has 0 aromatic carbocycles. The van der Waals surface area contributed by atoms with E-state index < -0.39 is 0 Å². The molecule has 0 amide bonds. The first kappa shape index (κ1) is 8.52. The fraction of sp³-hybridized carbons (Fsp3) is 1.00. The molecule has 0 saturated heterocycles. The van der Waals surface area contributed by atoms with Gasteiger partial charge >= 0.3 is 0 Å². The molecular formula is C10H19NO. The van der Waals surface area contributed by atoms with Crippen LogP contribution in [0.3, 0.4) is 0 Å². The highest BCUT2D eigenvalue weighted by atomic mass is 16.5. The molecule has 2 N–H and O–H groups in total. The summed E-state index contributed by atoms with van der Waals surface area (Å²) in [5.74, 6) is 0.874. The molecule has 0 aromatic rings. The van der Waals surface area contributed by atoms with E-state index in [1.807, 2.05) is 0 Å². The predicted molar refractivity (Wildman–Crippen MR) is 48.9 cm³/mol. The van der Waals surface area contributed by atoms with E-state index in [0.29, 0.717) is 5.41 Å². The molecule has 2 saturated carbocycles. The van der Waals surface area contributed by atoms with E-state index in [1.165, 1.54) is 32.1 Å². The molecule has 0 heterocycles. The lowest BCUT2D eigenvalue weighted by Gasteiger charge is -2.25. The number of nitrogens with two attached hydrogens (primary N) is 1. The molecule has 0 radical (unpaired) electrons. The SMILES string of the molecule is NCC1(COCC2CCC2)CC1. The van der Waals surface area contributed by atoms with Crippen LogP contribution in [-0.2, 0) is 4.74 Å². The molecule has 0 aromatic heterocycles. The van der Waals surface area contributed by atoms with Gasteiger partial charge in [-0.25, -0.2) is 0 Å². The topological polar surface area (TPSA) is 35.2 Å². The molecule has 0 atom stereocenters. The molecule has 0 aliphatic heterocycles. The summed E-state index contributed by atoms with van der Waals surface area (Å²) in [5.41, 5.74) is 6.06. The fourth-order valence-corrected chi connectivity index (χ4v) is 1.69. The lowest BCUT2D eigenvalue weighted by Crippen LogP contribution is -2.24. The van der Waals surface area contributed by atoms with Gasteiger partial charge in [0.25, 0.3) is 0 Å². The second-order valence-electron chi connectivity index (χ2n) is 4.52. The Hall–Kier alpha value is -0.0800. The van der Waals surface area contributed by atoms with Crippen molar-refractivity contribution in [2.75, 3.05) is 19.8 Å². The van der Waals surface area contributed by atoms with E-state index in [9.17, 15) is 0 Å². The van der Waals surface area contributed by atoms with Gasteiger partial charge in [0, 0.05) is 18.6 Å². The lowest BCUT2D eigenvalue weighted by molar-refractivity contribution is 0.0434. The molecule has 70 valence electrons. The molecule has 0 bridgehead atoms. The first-order valence-corrected chi connectivity index (χ1v) is 5.12. The van der Waals surface area contributed by atoms with E-state index in [-0.39, 0.29) is 0 Å². The van der Waals surface area contributed by atoms with Crippen molar-refractivity contribution in [2.45, 2.75) is 32.1 Å². The Labute approximate surface area is 74.5 Å². The van der Waals surface area contributed by atoms with E-state index in [2.05, 4.69) is 0 Å². The average Bonchev–Trinajstić information content (AvgIpc) is 2.76. The first-order valence-electron chi connectivity index (χ1n) is 5.12. The summed E-state index contributed by atoms with van der Waals surface area (Å²) in [6.07, 6.45) is 6.75. The molecule has 0 unspecified atom stereocenters. The highest BCUT2D eigenvalue weighted by molar-refractivity contribution is 4.93. The van der Waals surface area contributed by atoms with Gasteiger partial charge in [-0.2, -0.15) is 0 Å². The largest absolute Gasteiger partial charge is 0.381 e. The second kappa shape index (κ2) is 3.35. The van der Waals surface area contributed by atoms with Crippen molar-refractivity contribution in [3.8, 4) is 0 Å². The zero-order valence-corrected chi connectivity index (χ0v) is 7.72. The smallest absolute Gasteiger partial charge is 0.0534 e. The summed E-state index contributed by atoms with van der Waals surface area (Å²) < 4.78 is 5.68. The van der Waals surface area contributed by atoms with Gasteiger partial charge < -0.3 is 10.5 Å². The molecular weight excluding hydrogens is 150 g/mol. The van der Waals surface area contributed by atoms with Crippen molar-refractivity contribution >= 4 is 0 Å². The van der Waals surface area contributed by atoms with Crippen LogP contribution >= 0.6 is 0 Å². The normalized spacial score (nSPS) is 26.8. The predicted octanol–water partition coefficient (Wildman–Crippen LogP) is 1.54. The van der Waals surface area contributed by atoms with Gasteiger partial charge in [-0.1, -0.05) is 6.42 Å². The quantitative estimate of drug-likeness (QED) is 0.677. The van der Waals surface area contributed by atoms with Crippen LogP contribution in [-0.4, -0.2) is 19.8 Å². The van der Waals surface area contributed by atoms with E-state index in [0.717, 1.165) is 25.7 Å². The van der Waals surface area contributed by atoms with Gasteiger partial charge in [0.1, 0.15) is 0 Å². The number of rotatable bonds is 5. The third kappa shape index (κ3) is 1.80. The van der Waals surface area contributed by atoms with Crippen LogP contribution in [0.15, 0.2) is 0 Å². The lowest BCUT2D eigenvalue weighted by atomic mass is 9.86. The Kier molecular flexibility index (Phi) is 2.37. The minimum absolute atomic E-state index is 0.406. The first-order chi connectivity index (χ1) is 5.85. The molecule has 2 fully saturated rings. The number of hydrogen-bond acceptors (Lipinski definition) is 2. The van der Waals surface area contributed by atoms with Gasteiger partial charge in [0.15, 0.2) is 0 Å². The maximum absolute atomic E-state index is 5.68. The molecule has 2 aliphatic carbocycles. The monoisotopic (exact) mass is 169 g/mol. The van der Waals surface area contributed by atoms with E-state index in [4.69, 9.17) is 10.5 Å². The van der Waals surface area contributed by atoms with Gasteiger partial charge in [-0.15, -0.1) is 0 Å². The van der Waals surface area contributed by atoms with Crippen LogP contribution in [0.2, 0.25) is 0 Å². The summed E-state index contributed by atoms with van der Waals surface area (Å²) in [6, 6.07) is 0. The van der Waals surface area contributed by atoms with Crippen molar-refractivity contribution in [1.82, 2.24) is 0 Å². The van der Waals surface area contributed by atoms with Crippen LogP contribution in [0.1, 0.15) is 32.1 Å². The molecule has 2 heteroatoms. The third-order valence-corrected chi connectivity index (χ3v) is 3.38. The zero-order valence-electron chi connectivity index (χ0n) is 7.72. The van der Waals surface area contributed by atoms with Crippen molar-refractivity contribution < 1.29 is 4.74 Å². The Morgan fingerprint density at radius 3 is 2.50 bits per heavy atom. The molecule has 2 aliphatic rings. The zero-order chi connectivity index (χ0) is 8.44. The van der Waals surface area contributed by atoms with E-state index >= 15 is 0 Å².